The Labute approximate surface area is 148 Å². The molecule has 2 aliphatic rings. The normalized spacial score (nSPS) is 24.2. The topological polar surface area (TPSA) is 67.3 Å². The van der Waals surface area contributed by atoms with E-state index in [4.69, 9.17) is 0 Å². The van der Waals surface area contributed by atoms with E-state index < -0.39 is 14.6 Å². The number of thiazole rings is 1. The predicted molar refractivity (Wildman–Crippen MR) is 96.1 cm³/mol. The van der Waals surface area contributed by atoms with Crippen LogP contribution in [-0.2, 0) is 21.1 Å². The molecule has 0 spiro atoms. The van der Waals surface area contributed by atoms with Gasteiger partial charge in [0.2, 0.25) is 5.91 Å². The smallest absolute Gasteiger partial charge is 0.244 e. The number of amides is 1. The molecule has 0 N–H and O–H groups in total. The quantitative estimate of drug-likeness (QED) is 0.817. The summed E-state index contributed by atoms with van der Waals surface area (Å²) in [4.78, 5) is 19.6. The molecule has 1 aromatic rings. The van der Waals surface area contributed by atoms with Crippen molar-refractivity contribution in [2.75, 3.05) is 19.3 Å². The van der Waals surface area contributed by atoms with Crippen molar-refractivity contribution in [1.82, 2.24) is 9.88 Å². The van der Waals surface area contributed by atoms with Gasteiger partial charge < -0.3 is 4.90 Å². The molecule has 1 amide bonds. The highest BCUT2D eigenvalue weighted by Gasteiger charge is 2.52. The van der Waals surface area contributed by atoms with Crippen LogP contribution in [0.2, 0.25) is 0 Å². The zero-order chi connectivity index (χ0) is 17.4. The lowest BCUT2D eigenvalue weighted by Crippen LogP contribution is -2.54. The van der Waals surface area contributed by atoms with Gasteiger partial charge >= 0.3 is 0 Å². The fourth-order valence-electron chi connectivity index (χ4n) is 4.01. The molecular formula is C17H26N2O3S2. The van der Waals surface area contributed by atoms with Gasteiger partial charge in [0.25, 0.3) is 0 Å². The second-order valence-electron chi connectivity index (χ2n) is 7.09. The molecule has 1 aromatic heterocycles. The Hall–Kier alpha value is -0.950. The first-order chi connectivity index (χ1) is 11.4. The second-order valence-corrected chi connectivity index (χ2v) is 10.3. The van der Waals surface area contributed by atoms with Crippen LogP contribution in [0.4, 0.5) is 0 Å². The Morgan fingerprint density at radius 3 is 2.67 bits per heavy atom. The summed E-state index contributed by atoms with van der Waals surface area (Å²) in [5, 5.41) is 3.18. The Kier molecular flexibility index (Phi) is 5.02. The van der Waals surface area contributed by atoms with Crippen LogP contribution in [0.5, 0.6) is 0 Å². The van der Waals surface area contributed by atoms with E-state index in [0.717, 1.165) is 42.8 Å². The van der Waals surface area contributed by atoms with Crippen LogP contribution in [-0.4, -0.2) is 48.3 Å². The van der Waals surface area contributed by atoms with Crippen LogP contribution in [0.3, 0.4) is 0 Å². The molecule has 1 atom stereocenters. The molecule has 1 unspecified atom stereocenters. The van der Waals surface area contributed by atoms with Gasteiger partial charge in [-0.3, -0.25) is 4.79 Å². The molecule has 7 heteroatoms. The standard InChI is InChI=1S/C17H26N2O3S2/c1-3-14-12-23-15(18-14)13-7-6-10-19(11-13)16(20)17(24(2,21)22)8-4-5-9-17/h12-13H,3-11H2,1-2H3. The average molecular weight is 371 g/mol. The van der Waals surface area contributed by atoms with E-state index in [9.17, 15) is 13.2 Å². The number of aryl methyl sites for hydroxylation is 1. The summed E-state index contributed by atoms with van der Waals surface area (Å²) in [5.41, 5.74) is 1.10. The molecule has 1 saturated carbocycles. The van der Waals surface area contributed by atoms with Crippen molar-refractivity contribution in [2.45, 2.75) is 62.5 Å². The summed E-state index contributed by atoms with van der Waals surface area (Å²) >= 11 is 1.66. The maximum atomic E-state index is 13.1. The van der Waals surface area contributed by atoms with Crippen LogP contribution in [0, 0.1) is 0 Å². The summed E-state index contributed by atoms with van der Waals surface area (Å²) < 4.78 is 23.6. The first-order valence-corrected chi connectivity index (χ1v) is 11.6. The van der Waals surface area contributed by atoms with E-state index in [1.54, 1.807) is 16.2 Å². The monoisotopic (exact) mass is 370 g/mol. The van der Waals surface area contributed by atoms with Crippen LogP contribution < -0.4 is 0 Å². The fourth-order valence-corrected chi connectivity index (χ4v) is 6.52. The first kappa shape index (κ1) is 17.9. The minimum atomic E-state index is -3.40. The Morgan fingerprint density at radius 1 is 1.38 bits per heavy atom. The van der Waals surface area contributed by atoms with Gasteiger partial charge in [-0.05, 0) is 32.1 Å². The third-order valence-corrected chi connectivity index (χ3v) is 8.56. The summed E-state index contributed by atoms with van der Waals surface area (Å²) in [6, 6.07) is 0. The van der Waals surface area contributed by atoms with Crippen LogP contribution in [0.25, 0.3) is 0 Å². The fraction of sp³-hybridized carbons (Fsp3) is 0.765. The molecule has 0 bridgehead atoms. The van der Waals surface area contributed by atoms with Crippen molar-refractivity contribution in [1.29, 1.82) is 0 Å². The van der Waals surface area contributed by atoms with Gasteiger partial charge in [-0.2, -0.15) is 0 Å². The number of piperidine rings is 1. The second kappa shape index (κ2) is 6.75. The van der Waals surface area contributed by atoms with E-state index in [1.165, 1.54) is 6.26 Å². The number of hydrogen-bond donors (Lipinski definition) is 0. The number of hydrogen-bond acceptors (Lipinski definition) is 5. The molecule has 2 heterocycles. The Morgan fingerprint density at radius 2 is 2.08 bits per heavy atom. The third kappa shape index (κ3) is 3.12. The van der Waals surface area contributed by atoms with Crippen molar-refractivity contribution in [2.24, 2.45) is 0 Å². The molecule has 24 heavy (non-hydrogen) atoms. The van der Waals surface area contributed by atoms with E-state index in [1.807, 2.05) is 0 Å². The molecule has 3 rings (SSSR count). The number of carbonyl (C=O) groups excluding carboxylic acids is 1. The lowest BCUT2D eigenvalue weighted by Gasteiger charge is -2.37. The highest BCUT2D eigenvalue weighted by atomic mass is 32.2. The Balaban J connectivity index is 1.80. The summed E-state index contributed by atoms with van der Waals surface area (Å²) in [5.74, 6) is 0.0745. The first-order valence-electron chi connectivity index (χ1n) is 8.80. The van der Waals surface area contributed by atoms with Gasteiger partial charge in [0.15, 0.2) is 14.6 Å². The maximum Gasteiger partial charge on any atom is 0.244 e. The number of likely N-dealkylation sites (tertiary alicyclic amines) is 1. The number of rotatable bonds is 4. The minimum absolute atomic E-state index is 0.167. The Bertz CT molecular complexity index is 705. The van der Waals surface area contributed by atoms with E-state index >= 15 is 0 Å². The highest BCUT2D eigenvalue weighted by molar-refractivity contribution is 7.92. The third-order valence-electron chi connectivity index (χ3n) is 5.50. The van der Waals surface area contributed by atoms with E-state index in [2.05, 4.69) is 17.3 Å². The van der Waals surface area contributed by atoms with Crippen LogP contribution >= 0.6 is 11.3 Å². The lowest BCUT2D eigenvalue weighted by molar-refractivity contribution is -0.135. The molecule has 0 radical (unpaired) electrons. The van der Waals surface area contributed by atoms with Crippen molar-refractivity contribution in [3.05, 3.63) is 16.1 Å². The molecule has 1 saturated heterocycles. The molecule has 1 aliphatic heterocycles. The van der Waals surface area contributed by atoms with Gasteiger partial charge in [0.1, 0.15) is 0 Å². The molecule has 134 valence electrons. The van der Waals surface area contributed by atoms with Gasteiger partial charge in [0.05, 0.1) is 10.7 Å². The number of aromatic nitrogens is 1. The van der Waals surface area contributed by atoms with E-state index in [-0.39, 0.29) is 11.8 Å². The molecule has 5 nitrogen and oxygen atoms in total. The molecule has 1 aliphatic carbocycles. The molecule has 0 aromatic carbocycles. The van der Waals surface area contributed by atoms with Crippen LogP contribution in [0.1, 0.15) is 62.1 Å². The highest BCUT2D eigenvalue weighted by Crippen LogP contribution is 2.40. The largest absolute Gasteiger partial charge is 0.341 e. The average Bonchev–Trinajstić information content (AvgIpc) is 3.23. The van der Waals surface area contributed by atoms with Crippen molar-refractivity contribution in [3.63, 3.8) is 0 Å². The number of sulfone groups is 1. The maximum absolute atomic E-state index is 13.1. The molecule has 2 fully saturated rings. The van der Waals surface area contributed by atoms with Gasteiger partial charge in [-0.1, -0.05) is 19.8 Å². The van der Waals surface area contributed by atoms with Crippen LogP contribution in [0.15, 0.2) is 5.38 Å². The minimum Gasteiger partial charge on any atom is -0.341 e. The number of nitrogens with zero attached hydrogens (tertiary/aromatic N) is 2. The van der Waals surface area contributed by atoms with Crippen molar-refractivity contribution in [3.8, 4) is 0 Å². The zero-order valence-corrected chi connectivity index (χ0v) is 16.1. The van der Waals surface area contributed by atoms with Crippen molar-refractivity contribution >= 4 is 27.1 Å². The predicted octanol–water partition coefficient (Wildman–Crippen LogP) is 2.77. The van der Waals surface area contributed by atoms with Gasteiger partial charge in [0, 0.05) is 30.6 Å². The van der Waals surface area contributed by atoms with Gasteiger partial charge in [-0.15, -0.1) is 11.3 Å². The SMILES string of the molecule is CCc1csc(C2CCCN(C(=O)C3(S(C)(=O)=O)CCCC3)C2)n1. The molecular weight excluding hydrogens is 344 g/mol. The summed E-state index contributed by atoms with van der Waals surface area (Å²) in [7, 11) is -3.40. The number of carbonyl (C=O) groups is 1. The summed E-state index contributed by atoms with van der Waals surface area (Å²) in [6.07, 6.45) is 6.68. The van der Waals surface area contributed by atoms with E-state index in [0.29, 0.717) is 25.9 Å². The zero-order valence-electron chi connectivity index (χ0n) is 14.5. The van der Waals surface area contributed by atoms with Crippen molar-refractivity contribution < 1.29 is 13.2 Å². The van der Waals surface area contributed by atoms with Gasteiger partial charge in [-0.25, -0.2) is 13.4 Å². The lowest BCUT2D eigenvalue weighted by atomic mass is 9.96. The summed E-state index contributed by atoms with van der Waals surface area (Å²) in [6.45, 7) is 3.36.